The lowest BCUT2D eigenvalue weighted by atomic mass is 10.2. The summed E-state index contributed by atoms with van der Waals surface area (Å²) in [5, 5.41) is 3.69. The third-order valence-corrected chi connectivity index (χ3v) is 4.27. The summed E-state index contributed by atoms with van der Waals surface area (Å²) in [5.41, 5.74) is 2.17. The van der Waals surface area contributed by atoms with Crippen LogP contribution in [0.15, 0.2) is 42.6 Å². The van der Waals surface area contributed by atoms with Gasteiger partial charge in [0.15, 0.2) is 5.82 Å². The molecule has 3 N–H and O–H groups in total. The smallest absolute Gasteiger partial charge is 0.258 e. The average molecular weight is 404 g/mol. The molecule has 0 saturated heterocycles. The molecule has 2 heterocycles. The lowest BCUT2D eigenvalue weighted by Crippen LogP contribution is -2.25. The molecule has 138 valence electrons. The van der Waals surface area contributed by atoms with Crippen molar-refractivity contribution in [2.45, 2.75) is 13.5 Å². The lowest BCUT2D eigenvalue weighted by molar-refractivity contribution is 0.0945. The molecule has 27 heavy (non-hydrogen) atoms. The van der Waals surface area contributed by atoms with Gasteiger partial charge in [-0.25, -0.2) is 9.97 Å². The van der Waals surface area contributed by atoms with Crippen molar-refractivity contribution < 1.29 is 9.63 Å². The molecule has 0 aliphatic rings. The van der Waals surface area contributed by atoms with E-state index < -0.39 is 5.91 Å². The molecule has 0 atom stereocenters. The second-order valence-corrected chi connectivity index (χ2v) is 6.46. The maximum absolute atomic E-state index is 12.5. The van der Waals surface area contributed by atoms with E-state index in [4.69, 9.17) is 33.9 Å². The summed E-state index contributed by atoms with van der Waals surface area (Å²) in [6.45, 7) is 2.05. The number of rotatable bonds is 5. The third-order valence-electron chi connectivity index (χ3n) is 3.68. The van der Waals surface area contributed by atoms with E-state index in [1.54, 1.807) is 24.3 Å². The molecule has 0 fully saturated rings. The first-order valence-electron chi connectivity index (χ1n) is 7.88. The number of pyridine rings is 1. The van der Waals surface area contributed by atoms with E-state index in [0.717, 1.165) is 5.69 Å². The molecule has 0 radical (unpaired) electrons. The Bertz CT molecular complexity index is 997. The van der Waals surface area contributed by atoms with Crippen molar-refractivity contribution in [3.63, 3.8) is 0 Å². The molecule has 0 saturated carbocycles. The van der Waals surface area contributed by atoms with Crippen molar-refractivity contribution in [3.8, 4) is 17.4 Å². The number of amides is 1. The van der Waals surface area contributed by atoms with Crippen molar-refractivity contribution >= 4 is 29.1 Å². The molecule has 1 aromatic carbocycles. The highest BCUT2D eigenvalue weighted by Crippen LogP contribution is 2.22. The highest BCUT2D eigenvalue weighted by molar-refractivity contribution is 6.35. The largest absolute Gasteiger partial charge is 0.390 e. The summed E-state index contributed by atoms with van der Waals surface area (Å²) in [6, 6.07) is 10.5. The number of aromatic nitrogens is 3. The fourth-order valence-electron chi connectivity index (χ4n) is 2.34. The van der Waals surface area contributed by atoms with Crippen molar-refractivity contribution in [2.24, 2.45) is 5.90 Å². The van der Waals surface area contributed by atoms with Crippen molar-refractivity contribution in [1.29, 1.82) is 0 Å². The third kappa shape index (κ3) is 4.51. The van der Waals surface area contributed by atoms with E-state index >= 15 is 0 Å². The quantitative estimate of drug-likeness (QED) is 0.633. The van der Waals surface area contributed by atoms with E-state index in [1.807, 2.05) is 19.1 Å². The Morgan fingerprint density at radius 2 is 2.04 bits per heavy atom. The Hall–Kier alpha value is -2.74. The number of benzene rings is 1. The molecule has 1 amide bonds. The Morgan fingerprint density at radius 1 is 1.22 bits per heavy atom. The number of halogens is 2. The van der Waals surface area contributed by atoms with Crippen LogP contribution in [0.3, 0.4) is 0 Å². The highest BCUT2D eigenvalue weighted by atomic mass is 35.5. The second kappa shape index (κ2) is 8.30. The van der Waals surface area contributed by atoms with Crippen LogP contribution in [0.2, 0.25) is 10.0 Å². The van der Waals surface area contributed by atoms with Gasteiger partial charge in [0.05, 0.1) is 0 Å². The van der Waals surface area contributed by atoms with Crippen LogP contribution in [0.4, 0.5) is 0 Å². The molecule has 0 aliphatic carbocycles. The fraction of sp³-hybridized carbons (Fsp3) is 0.111. The lowest BCUT2D eigenvalue weighted by Gasteiger charge is -2.10. The predicted octanol–water partition coefficient (Wildman–Crippen LogP) is 3.34. The minimum absolute atomic E-state index is 0.0528. The highest BCUT2D eigenvalue weighted by Gasteiger charge is 2.17. The summed E-state index contributed by atoms with van der Waals surface area (Å²) >= 11 is 12.0. The van der Waals surface area contributed by atoms with Crippen LogP contribution in [0.1, 0.15) is 21.6 Å². The summed E-state index contributed by atoms with van der Waals surface area (Å²) in [7, 11) is 0. The van der Waals surface area contributed by atoms with Gasteiger partial charge in [-0.15, -0.1) is 0 Å². The van der Waals surface area contributed by atoms with Crippen LogP contribution >= 0.6 is 23.2 Å². The van der Waals surface area contributed by atoms with Crippen LogP contribution in [0.25, 0.3) is 11.5 Å². The Balaban J connectivity index is 1.80. The molecule has 7 nitrogen and oxygen atoms in total. The Morgan fingerprint density at radius 3 is 2.74 bits per heavy atom. The van der Waals surface area contributed by atoms with E-state index in [2.05, 4.69) is 20.3 Å². The maximum Gasteiger partial charge on any atom is 0.258 e. The molecule has 0 bridgehead atoms. The molecular weight excluding hydrogens is 389 g/mol. The fourth-order valence-corrected chi connectivity index (χ4v) is 2.81. The first-order valence-corrected chi connectivity index (χ1v) is 8.63. The van der Waals surface area contributed by atoms with Gasteiger partial charge >= 0.3 is 0 Å². The van der Waals surface area contributed by atoms with Gasteiger partial charge in [-0.05, 0) is 36.8 Å². The minimum Gasteiger partial charge on any atom is -0.390 e. The van der Waals surface area contributed by atoms with Gasteiger partial charge in [0.2, 0.25) is 0 Å². The van der Waals surface area contributed by atoms with E-state index in [0.29, 0.717) is 27.1 Å². The zero-order valence-corrected chi connectivity index (χ0v) is 15.8. The number of hydrogen-bond acceptors (Lipinski definition) is 6. The number of carbonyl (C=O) groups is 1. The molecule has 0 unspecified atom stereocenters. The number of hydrogen-bond donors (Lipinski definition) is 2. The maximum atomic E-state index is 12.5. The molecule has 3 rings (SSSR count). The summed E-state index contributed by atoms with van der Waals surface area (Å²) in [6.07, 6.45) is 1.34. The monoisotopic (exact) mass is 403 g/mol. The van der Waals surface area contributed by atoms with Crippen LogP contribution in [-0.2, 0) is 6.54 Å². The number of aryl methyl sites for hydroxylation is 1. The normalized spacial score (nSPS) is 10.5. The van der Waals surface area contributed by atoms with Crippen LogP contribution < -0.4 is 16.1 Å². The van der Waals surface area contributed by atoms with Gasteiger partial charge in [0.1, 0.15) is 11.3 Å². The van der Waals surface area contributed by atoms with E-state index in [-0.39, 0.29) is 18.0 Å². The van der Waals surface area contributed by atoms with Gasteiger partial charge in [0, 0.05) is 28.5 Å². The SMILES string of the molecule is Cc1cccc(-c2ncc(C(=O)NCc3ccc(Cl)cc3Cl)c(ON)n2)n1. The molecule has 3 aromatic rings. The Labute approximate surface area is 165 Å². The average Bonchev–Trinajstić information content (AvgIpc) is 2.66. The van der Waals surface area contributed by atoms with Crippen LogP contribution in [0, 0.1) is 6.92 Å². The number of nitrogens with one attached hydrogen (secondary N) is 1. The van der Waals surface area contributed by atoms with Crippen molar-refractivity contribution in [1.82, 2.24) is 20.3 Å². The zero-order chi connectivity index (χ0) is 19.4. The first-order chi connectivity index (χ1) is 13.0. The summed E-state index contributed by atoms with van der Waals surface area (Å²) in [4.78, 5) is 29.9. The minimum atomic E-state index is -0.454. The molecule has 2 aromatic heterocycles. The molecular formula is C18H15Cl2N5O2. The van der Waals surface area contributed by atoms with Crippen LogP contribution in [0.5, 0.6) is 5.88 Å². The zero-order valence-electron chi connectivity index (χ0n) is 14.2. The predicted molar refractivity (Wildman–Crippen MR) is 102 cm³/mol. The number of nitrogens with zero attached hydrogens (tertiary/aromatic N) is 3. The van der Waals surface area contributed by atoms with E-state index in [9.17, 15) is 4.79 Å². The van der Waals surface area contributed by atoms with Gasteiger partial charge in [-0.1, -0.05) is 35.3 Å². The van der Waals surface area contributed by atoms with Gasteiger partial charge in [-0.2, -0.15) is 10.9 Å². The standard InChI is InChI=1S/C18H15Cl2N5O2/c1-10-3-2-4-15(24-10)16-22-9-13(18(25-16)27-21)17(26)23-8-11-5-6-12(19)7-14(11)20/h2-7,9H,8,21H2,1H3,(H,23,26). The Kier molecular flexibility index (Phi) is 5.85. The second-order valence-electron chi connectivity index (χ2n) is 5.61. The van der Waals surface area contributed by atoms with E-state index in [1.165, 1.54) is 6.20 Å². The van der Waals surface area contributed by atoms with Gasteiger partial charge < -0.3 is 10.2 Å². The number of nitrogens with two attached hydrogens (primary N) is 1. The summed E-state index contributed by atoms with van der Waals surface area (Å²) < 4.78 is 0. The summed E-state index contributed by atoms with van der Waals surface area (Å²) in [5.74, 6) is 5.08. The molecule has 0 aliphatic heterocycles. The topological polar surface area (TPSA) is 103 Å². The first kappa shape index (κ1) is 19.0. The van der Waals surface area contributed by atoms with Crippen LogP contribution in [-0.4, -0.2) is 20.9 Å². The number of carbonyl (C=O) groups excluding carboxylic acids is 1. The van der Waals surface area contributed by atoms with Crippen molar-refractivity contribution in [2.75, 3.05) is 0 Å². The molecule has 0 spiro atoms. The van der Waals surface area contributed by atoms with Crippen molar-refractivity contribution in [3.05, 3.63) is 69.5 Å². The van der Waals surface area contributed by atoms with Gasteiger partial charge in [-0.3, -0.25) is 4.79 Å². The van der Waals surface area contributed by atoms with Gasteiger partial charge in [0.25, 0.3) is 11.8 Å². The molecule has 9 heteroatoms.